The number of rotatable bonds is 6. The molecule has 2 heterocycles. The van der Waals surface area contributed by atoms with Crippen LogP contribution in [0.4, 0.5) is 0 Å². The number of benzene rings is 2. The third kappa shape index (κ3) is 4.11. The SMILES string of the molecule is O=C(CCCn1ccnc1)N1CCc2ccccc2C1Cc1ccccc1. The normalized spacial score (nSPS) is 16.1. The number of carbonyl (C=O) groups is 1. The molecule has 2 aromatic carbocycles. The van der Waals surface area contributed by atoms with E-state index in [1.54, 1.807) is 12.5 Å². The first-order chi connectivity index (χ1) is 13.3. The van der Waals surface area contributed by atoms with Crippen molar-refractivity contribution < 1.29 is 4.79 Å². The maximum absolute atomic E-state index is 13.0. The van der Waals surface area contributed by atoms with Gasteiger partial charge in [-0.15, -0.1) is 0 Å². The van der Waals surface area contributed by atoms with Crippen molar-refractivity contribution in [2.24, 2.45) is 0 Å². The van der Waals surface area contributed by atoms with Crippen LogP contribution in [0.5, 0.6) is 0 Å². The molecule has 4 heteroatoms. The molecule has 0 bridgehead atoms. The summed E-state index contributed by atoms with van der Waals surface area (Å²) < 4.78 is 2.03. The molecular weight excluding hydrogens is 334 g/mol. The third-order valence-electron chi connectivity index (χ3n) is 5.37. The lowest BCUT2D eigenvalue weighted by Gasteiger charge is -2.38. The van der Waals surface area contributed by atoms with Crippen LogP contribution in [0.2, 0.25) is 0 Å². The molecule has 0 N–H and O–H groups in total. The summed E-state index contributed by atoms with van der Waals surface area (Å²) in [6.45, 7) is 1.64. The van der Waals surface area contributed by atoms with Gasteiger partial charge in [0, 0.05) is 31.9 Å². The van der Waals surface area contributed by atoms with Crippen LogP contribution in [-0.2, 0) is 24.2 Å². The van der Waals surface area contributed by atoms with E-state index in [0.29, 0.717) is 6.42 Å². The zero-order chi connectivity index (χ0) is 18.5. The fraction of sp³-hybridized carbons (Fsp3) is 0.304. The molecule has 0 aliphatic carbocycles. The average Bonchev–Trinajstić information content (AvgIpc) is 3.22. The molecule has 3 aromatic rings. The highest BCUT2D eigenvalue weighted by Crippen LogP contribution is 2.33. The number of aromatic nitrogens is 2. The molecule has 0 saturated heterocycles. The van der Waals surface area contributed by atoms with Crippen molar-refractivity contribution in [2.75, 3.05) is 6.54 Å². The molecule has 1 aliphatic rings. The van der Waals surface area contributed by atoms with Gasteiger partial charge in [0.25, 0.3) is 0 Å². The van der Waals surface area contributed by atoms with Crippen molar-refractivity contribution in [3.05, 3.63) is 90.0 Å². The van der Waals surface area contributed by atoms with Crippen molar-refractivity contribution in [3.63, 3.8) is 0 Å². The topological polar surface area (TPSA) is 38.1 Å². The molecule has 4 rings (SSSR count). The van der Waals surface area contributed by atoms with Crippen molar-refractivity contribution in [2.45, 2.75) is 38.3 Å². The Morgan fingerprint density at radius 2 is 1.89 bits per heavy atom. The summed E-state index contributed by atoms with van der Waals surface area (Å²) in [6, 6.07) is 19.2. The fourth-order valence-corrected chi connectivity index (χ4v) is 3.98. The van der Waals surface area contributed by atoms with Gasteiger partial charge in [0.2, 0.25) is 5.91 Å². The maximum Gasteiger partial charge on any atom is 0.223 e. The van der Waals surface area contributed by atoms with Gasteiger partial charge in [-0.1, -0.05) is 54.6 Å². The molecule has 0 radical (unpaired) electrons. The molecule has 138 valence electrons. The Morgan fingerprint density at radius 1 is 1.07 bits per heavy atom. The first kappa shape index (κ1) is 17.5. The van der Waals surface area contributed by atoms with Gasteiger partial charge in [-0.3, -0.25) is 4.79 Å². The summed E-state index contributed by atoms with van der Waals surface area (Å²) in [5.74, 6) is 0.255. The summed E-state index contributed by atoms with van der Waals surface area (Å²) in [5.41, 5.74) is 3.95. The van der Waals surface area contributed by atoms with E-state index in [1.165, 1.54) is 16.7 Å². The van der Waals surface area contributed by atoms with Crippen LogP contribution in [0.3, 0.4) is 0 Å². The molecule has 1 atom stereocenters. The van der Waals surface area contributed by atoms with E-state index in [-0.39, 0.29) is 11.9 Å². The highest BCUT2D eigenvalue weighted by molar-refractivity contribution is 5.77. The van der Waals surface area contributed by atoms with Crippen LogP contribution in [0, 0.1) is 0 Å². The minimum atomic E-state index is 0.123. The predicted molar refractivity (Wildman–Crippen MR) is 106 cm³/mol. The molecule has 27 heavy (non-hydrogen) atoms. The van der Waals surface area contributed by atoms with Crippen molar-refractivity contribution >= 4 is 5.91 Å². The van der Waals surface area contributed by atoms with Crippen LogP contribution in [0.1, 0.15) is 35.6 Å². The minimum absolute atomic E-state index is 0.123. The van der Waals surface area contributed by atoms with E-state index in [4.69, 9.17) is 0 Å². The van der Waals surface area contributed by atoms with Crippen LogP contribution in [-0.4, -0.2) is 26.9 Å². The molecule has 4 nitrogen and oxygen atoms in total. The number of imidazole rings is 1. The molecular formula is C23H25N3O. The van der Waals surface area contributed by atoms with Gasteiger partial charge < -0.3 is 9.47 Å². The number of carbonyl (C=O) groups excluding carboxylic acids is 1. The molecule has 1 aliphatic heterocycles. The average molecular weight is 359 g/mol. The second-order valence-electron chi connectivity index (χ2n) is 7.15. The first-order valence-electron chi connectivity index (χ1n) is 9.68. The summed E-state index contributed by atoms with van der Waals surface area (Å²) in [7, 11) is 0. The number of hydrogen-bond acceptors (Lipinski definition) is 2. The fourth-order valence-electron chi connectivity index (χ4n) is 3.98. The summed E-state index contributed by atoms with van der Waals surface area (Å²) in [4.78, 5) is 19.2. The zero-order valence-electron chi connectivity index (χ0n) is 15.5. The van der Waals surface area contributed by atoms with Crippen molar-refractivity contribution in [1.82, 2.24) is 14.5 Å². The lowest BCUT2D eigenvalue weighted by atomic mass is 9.88. The number of aryl methyl sites for hydroxylation is 1. The van der Waals surface area contributed by atoms with Gasteiger partial charge in [0.1, 0.15) is 0 Å². The molecule has 0 saturated carbocycles. The maximum atomic E-state index is 13.0. The van der Waals surface area contributed by atoms with E-state index in [2.05, 4.69) is 58.4 Å². The standard InChI is InChI=1S/C23H25N3O/c27-23(11-6-14-25-16-13-24-18-25)26-15-12-20-9-4-5-10-21(20)22(26)17-19-7-2-1-3-8-19/h1-5,7-10,13,16,18,22H,6,11-12,14-15,17H2. The Kier molecular flexibility index (Phi) is 5.33. The largest absolute Gasteiger partial charge is 0.337 e. The van der Waals surface area contributed by atoms with Crippen LogP contribution >= 0.6 is 0 Å². The Hall–Kier alpha value is -2.88. The van der Waals surface area contributed by atoms with Crippen molar-refractivity contribution in [1.29, 1.82) is 0 Å². The quantitative estimate of drug-likeness (QED) is 0.666. The second kappa shape index (κ2) is 8.21. The monoisotopic (exact) mass is 359 g/mol. The predicted octanol–water partition coefficient (Wildman–Crippen LogP) is 4.03. The van der Waals surface area contributed by atoms with Gasteiger partial charge in [-0.2, -0.15) is 0 Å². The highest BCUT2D eigenvalue weighted by atomic mass is 16.2. The Balaban J connectivity index is 1.50. The lowest BCUT2D eigenvalue weighted by molar-refractivity contribution is -0.134. The van der Waals surface area contributed by atoms with E-state index in [0.717, 1.165) is 32.4 Å². The highest BCUT2D eigenvalue weighted by Gasteiger charge is 2.30. The molecule has 0 fully saturated rings. The third-order valence-corrected chi connectivity index (χ3v) is 5.37. The van der Waals surface area contributed by atoms with E-state index >= 15 is 0 Å². The van der Waals surface area contributed by atoms with Crippen LogP contribution < -0.4 is 0 Å². The van der Waals surface area contributed by atoms with Gasteiger partial charge >= 0.3 is 0 Å². The number of nitrogens with zero attached hydrogens (tertiary/aromatic N) is 3. The summed E-state index contributed by atoms with van der Waals surface area (Å²) >= 11 is 0. The Bertz CT molecular complexity index is 874. The van der Waals surface area contributed by atoms with E-state index in [9.17, 15) is 4.79 Å². The minimum Gasteiger partial charge on any atom is -0.337 e. The summed E-state index contributed by atoms with van der Waals surface area (Å²) in [6.07, 6.45) is 8.75. The Morgan fingerprint density at radius 3 is 2.70 bits per heavy atom. The first-order valence-corrected chi connectivity index (χ1v) is 9.68. The molecule has 1 unspecified atom stereocenters. The molecule has 1 aromatic heterocycles. The van der Waals surface area contributed by atoms with Crippen LogP contribution in [0.15, 0.2) is 73.3 Å². The number of amides is 1. The van der Waals surface area contributed by atoms with Gasteiger partial charge in [0.05, 0.1) is 12.4 Å². The van der Waals surface area contributed by atoms with Gasteiger partial charge in [-0.05, 0) is 36.0 Å². The lowest BCUT2D eigenvalue weighted by Crippen LogP contribution is -2.41. The second-order valence-corrected chi connectivity index (χ2v) is 7.15. The van der Waals surface area contributed by atoms with Crippen LogP contribution in [0.25, 0.3) is 0 Å². The number of fused-ring (bicyclic) bond motifs is 1. The van der Waals surface area contributed by atoms with Crippen molar-refractivity contribution in [3.8, 4) is 0 Å². The molecule has 1 amide bonds. The zero-order valence-corrected chi connectivity index (χ0v) is 15.5. The van der Waals surface area contributed by atoms with Gasteiger partial charge in [0.15, 0.2) is 0 Å². The van der Waals surface area contributed by atoms with E-state index < -0.39 is 0 Å². The number of hydrogen-bond donors (Lipinski definition) is 0. The molecule has 0 spiro atoms. The smallest absolute Gasteiger partial charge is 0.223 e. The Labute approximate surface area is 160 Å². The summed E-state index contributed by atoms with van der Waals surface area (Å²) in [5, 5.41) is 0. The van der Waals surface area contributed by atoms with Gasteiger partial charge in [-0.25, -0.2) is 4.98 Å². The van der Waals surface area contributed by atoms with E-state index in [1.807, 2.05) is 16.8 Å².